The van der Waals surface area contributed by atoms with Crippen LogP contribution in [0.4, 0.5) is 8.78 Å². The molecule has 0 saturated heterocycles. The third-order valence-corrected chi connectivity index (χ3v) is 3.10. The van der Waals surface area contributed by atoms with Gasteiger partial charge in [-0.05, 0) is 29.8 Å². The third-order valence-electron chi connectivity index (χ3n) is 3.10. The van der Waals surface area contributed by atoms with E-state index in [-0.39, 0.29) is 11.4 Å². The first-order valence-corrected chi connectivity index (χ1v) is 6.19. The molecule has 5 heteroatoms. The molecule has 0 amide bonds. The maximum absolute atomic E-state index is 13.5. The topological polar surface area (TPSA) is 52.5 Å². The highest BCUT2D eigenvalue weighted by Gasteiger charge is 2.08. The lowest BCUT2D eigenvalue weighted by Crippen LogP contribution is -1.83. The Morgan fingerprint density at radius 1 is 1.10 bits per heavy atom. The number of nitrogens with zero attached hydrogens (tertiary/aromatic N) is 2. The Hall–Kier alpha value is -3.00. The zero-order chi connectivity index (χ0) is 14.8. The number of hydrogen-bond acceptors (Lipinski definition) is 2. The highest BCUT2D eigenvalue weighted by Crippen LogP contribution is 2.21. The molecule has 1 heterocycles. The minimum Gasteiger partial charge on any atom is -0.277 e. The van der Waals surface area contributed by atoms with Crippen molar-refractivity contribution in [2.24, 2.45) is 0 Å². The summed E-state index contributed by atoms with van der Waals surface area (Å²) in [5.41, 5.74) is 1.89. The van der Waals surface area contributed by atoms with Crippen molar-refractivity contribution in [3.63, 3.8) is 0 Å². The van der Waals surface area contributed by atoms with E-state index in [1.807, 2.05) is 0 Å². The number of aromatic amines is 1. The number of rotatable bonds is 2. The molecule has 0 spiro atoms. The van der Waals surface area contributed by atoms with Crippen LogP contribution in [0.25, 0.3) is 23.1 Å². The van der Waals surface area contributed by atoms with Crippen molar-refractivity contribution in [1.82, 2.24) is 10.2 Å². The normalized spacial score (nSPS) is 11.1. The zero-order valence-electron chi connectivity index (χ0n) is 10.8. The molecule has 0 aliphatic heterocycles. The lowest BCUT2D eigenvalue weighted by atomic mass is 10.1. The minimum absolute atomic E-state index is 0.0275. The van der Waals surface area contributed by atoms with Gasteiger partial charge in [0, 0.05) is 11.5 Å². The Bertz CT molecular complexity index is 871. The van der Waals surface area contributed by atoms with E-state index in [0.717, 1.165) is 5.56 Å². The Kier molecular flexibility index (Phi) is 3.20. The predicted octanol–water partition coefficient (Wildman–Crippen LogP) is 3.88. The standard InChI is InChI=1S/C16H9F2N3/c17-12-4-1-10(2-5-12)3-6-15-13-7-11(9-19)14(18)8-16(13)21-20-15/h1-8H,(H,20,21). The summed E-state index contributed by atoms with van der Waals surface area (Å²) in [6.07, 6.45) is 3.50. The first kappa shape index (κ1) is 13.0. The molecule has 0 unspecified atom stereocenters. The van der Waals surface area contributed by atoms with Crippen molar-refractivity contribution in [3.8, 4) is 6.07 Å². The van der Waals surface area contributed by atoms with Crippen LogP contribution >= 0.6 is 0 Å². The lowest BCUT2D eigenvalue weighted by molar-refractivity contribution is 0.625. The predicted molar refractivity (Wildman–Crippen MR) is 76.1 cm³/mol. The quantitative estimate of drug-likeness (QED) is 0.775. The molecule has 0 bridgehead atoms. The molecule has 0 atom stereocenters. The molecule has 21 heavy (non-hydrogen) atoms. The molecule has 0 aliphatic carbocycles. The summed E-state index contributed by atoms with van der Waals surface area (Å²) in [5, 5.41) is 16.3. The largest absolute Gasteiger partial charge is 0.277 e. The third kappa shape index (κ3) is 2.51. The fourth-order valence-corrected chi connectivity index (χ4v) is 2.02. The fraction of sp³-hybridized carbons (Fsp3) is 0. The number of nitriles is 1. The molecule has 0 radical (unpaired) electrons. The molecule has 3 nitrogen and oxygen atoms in total. The number of nitrogens with one attached hydrogen (secondary N) is 1. The maximum Gasteiger partial charge on any atom is 0.143 e. The second-order valence-corrected chi connectivity index (χ2v) is 4.48. The van der Waals surface area contributed by atoms with Crippen molar-refractivity contribution in [2.75, 3.05) is 0 Å². The summed E-state index contributed by atoms with van der Waals surface area (Å²) in [7, 11) is 0. The van der Waals surface area contributed by atoms with Crippen LogP contribution in [0.5, 0.6) is 0 Å². The average molecular weight is 281 g/mol. The highest BCUT2D eigenvalue weighted by molar-refractivity contribution is 5.90. The van der Waals surface area contributed by atoms with Gasteiger partial charge in [0.2, 0.25) is 0 Å². The summed E-state index contributed by atoms with van der Waals surface area (Å²) in [4.78, 5) is 0. The molecule has 3 aromatic rings. The maximum atomic E-state index is 13.5. The van der Waals surface area contributed by atoms with E-state index in [1.54, 1.807) is 30.4 Å². The van der Waals surface area contributed by atoms with Gasteiger partial charge in [0.15, 0.2) is 0 Å². The number of aromatic nitrogens is 2. The van der Waals surface area contributed by atoms with Gasteiger partial charge in [-0.15, -0.1) is 0 Å². The highest BCUT2D eigenvalue weighted by atomic mass is 19.1. The van der Waals surface area contributed by atoms with E-state index in [0.29, 0.717) is 16.6 Å². The van der Waals surface area contributed by atoms with Gasteiger partial charge in [-0.25, -0.2) is 8.78 Å². The van der Waals surface area contributed by atoms with Crippen molar-refractivity contribution in [3.05, 3.63) is 64.9 Å². The van der Waals surface area contributed by atoms with Gasteiger partial charge in [0.05, 0.1) is 16.8 Å². The van der Waals surface area contributed by atoms with E-state index >= 15 is 0 Å². The van der Waals surface area contributed by atoms with Gasteiger partial charge in [0.25, 0.3) is 0 Å². The minimum atomic E-state index is -0.581. The van der Waals surface area contributed by atoms with Crippen LogP contribution in [0, 0.1) is 23.0 Å². The monoisotopic (exact) mass is 281 g/mol. The van der Waals surface area contributed by atoms with E-state index in [9.17, 15) is 8.78 Å². The van der Waals surface area contributed by atoms with Gasteiger partial charge < -0.3 is 0 Å². The van der Waals surface area contributed by atoms with Gasteiger partial charge >= 0.3 is 0 Å². The van der Waals surface area contributed by atoms with Crippen molar-refractivity contribution >= 4 is 23.1 Å². The Balaban J connectivity index is 2.01. The molecular formula is C16H9F2N3. The van der Waals surface area contributed by atoms with Crippen LogP contribution in [0.1, 0.15) is 16.8 Å². The van der Waals surface area contributed by atoms with Crippen LogP contribution in [0.15, 0.2) is 36.4 Å². The van der Waals surface area contributed by atoms with Gasteiger partial charge in [-0.1, -0.05) is 18.2 Å². The Morgan fingerprint density at radius 2 is 1.86 bits per heavy atom. The Labute approximate surface area is 119 Å². The smallest absolute Gasteiger partial charge is 0.143 e. The van der Waals surface area contributed by atoms with Crippen LogP contribution in [0.3, 0.4) is 0 Å². The molecule has 3 rings (SSSR count). The number of fused-ring (bicyclic) bond motifs is 1. The summed E-state index contributed by atoms with van der Waals surface area (Å²) in [6.45, 7) is 0. The van der Waals surface area contributed by atoms with E-state index in [2.05, 4.69) is 10.2 Å². The number of halogens is 2. The number of benzene rings is 2. The molecule has 0 saturated carbocycles. The second kappa shape index (κ2) is 5.17. The molecular weight excluding hydrogens is 272 g/mol. The molecule has 2 aromatic carbocycles. The molecule has 1 aromatic heterocycles. The first-order chi connectivity index (χ1) is 10.2. The van der Waals surface area contributed by atoms with Crippen molar-refractivity contribution < 1.29 is 8.78 Å². The molecule has 0 aliphatic rings. The first-order valence-electron chi connectivity index (χ1n) is 6.19. The number of hydrogen-bond donors (Lipinski definition) is 1. The molecule has 102 valence electrons. The van der Waals surface area contributed by atoms with E-state index in [1.165, 1.54) is 24.3 Å². The summed E-state index contributed by atoms with van der Waals surface area (Å²) < 4.78 is 26.3. The SMILES string of the molecule is N#Cc1cc2c(C=Cc3ccc(F)cc3)n[nH]c2cc1F. The lowest BCUT2D eigenvalue weighted by Gasteiger charge is -1.95. The fourth-order valence-electron chi connectivity index (χ4n) is 2.02. The molecule has 1 N–H and O–H groups in total. The van der Waals surface area contributed by atoms with Crippen LogP contribution in [0.2, 0.25) is 0 Å². The van der Waals surface area contributed by atoms with Crippen LogP contribution in [-0.2, 0) is 0 Å². The Morgan fingerprint density at radius 3 is 2.57 bits per heavy atom. The van der Waals surface area contributed by atoms with Crippen molar-refractivity contribution in [2.45, 2.75) is 0 Å². The van der Waals surface area contributed by atoms with E-state index < -0.39 is 5.82 Å². The summed E-state index contributed by atoms with van der Waals surface area (Å²) in [5.74, 6) is -0.880. The summed E-state index contributed by atoms with van der Waals surface area (Å²) >= 11 is 0. The van der Waals surface area contributed by atoms with Crippen LogP contribution < -0.4 is 0 Å². The van der Waals surface area contributed by atoms with Crippen molar-refractivity contribution in [1.29, 1.82) is 5.26 Å². The average Bonchev–Trinajstić information content (AvgIpc) is 2.87. The summed E-state index contributed by atoms with van der Waals surface area (Å²) in [6, 6.07) is 10.5. The van der Waals surface area contributed by atoms with Gasteiger partial charge in [-0.2, -0.15) is 10.4 Å². The second-order valence-electron chi connectivity index (χ2n) is 4.48. The number of H-pyrrole nitrogens is 1. The van der Waals surface area contributed by atoms with Gasteiger partial charge in [0.1, 0.15) is 17.7 Å². The zero-order valence-corrected chi connectivity index (χ0v) is 10.8. The van der Waals surface area contributed by atoms with Crippen LogP contribution in [-0.4, -0.2) is 10.2 Å². The molecule has 0 fully saturated rings. The van der Waals surface area contributed by atoms with Gasteiger partial charge in [-0.3, -0.25) is 5.10 Å². The van der Waals surface area contributed by atoms with E-state index in [4.69, 9.17) is 5.26 Å².